The van der Waals surface area contributed by atoms with Gasteiger partial charge in [-0.1, -0.05) is 48.2 Å². The number of thioether (sulfide) groups is 1. The molecule has 0 bridgehead atoms. The standard InChI is InChI=1S/C19H18F2N4OS/c1-12(15-9-8-14(20)10-16(15)21)22-17(26)11-27-19-24-23-18(25(19)2)13-6-4-3-5-7-13/h3-10,12H,11H2,1-2H3,(H,22,26)/t12-/m0/s1. The lowest BCUT2D eigenvalue weighted by Gasteiger charge is -2.15. The Morgan fingerprint density at radius 1 is 1.19 bits per heavy atom. The van der Waals surface area contributed by atoms with Crippen molar-refractivity contribution in [3.8, 4) is 11.4 Å². The highest BCUT2D eigenvalue weighted by Gasteiger charge is 2.16. The van der Waals surface area contributed by atoms with Gasteiger partial charge in [0.15, 0.2) is 11.0 Å². The summed E-state index contributed by atoms with van der Waals surface area (Å²) in [7, 11) is 1.83. The molecule has 3 aromatic rings. The first-order valence-electron chi connectivity index (χ1n) is 8.27. The average Bonchev–Trinajstić information content (AvgIpc) is 3.01. The van der Waals surface area contributed by atoms with E-state index in [1.54, 1.807) is 6.92 Å². The van der Waals surface area contributed by atoms with Gasteiger partial charge >= 0.3 is 0 Å². The smallest absolute Gasteiger partial charge is 0.230 e. The fraction of sp³-hybridized carbons (Fsp3) is 0.211. The van der Waals surface area contributed by atoms with Crippen molar-refractivity contribution >= 4 is 17.7 Å². The van der Waals surface area contributed by atoms with Crippen LogP contribution in [0.1, 0.15) is 18.5 Å². The van der Waals surface area contributed by atoms with Crippen LogP contribution < -0.4 is 5.32 Å². The van der Waals surface area contributed by atoms with Crippen LogP contribution in [0.25, 0.3) is 11.4 Å². The van der Waals surface area contributed by atoms with Gasteiger partial charge in [0, 0.05) is 24.2 Å². The van der Waals surface area contributed by atoms with Crippen LogP contribution in [-0.4, -0.2) is 26.4 Å². The van der Waals surface area contributed by atoms with Crippen molar-refractivity contribution < 1.29 is 13.6 Å². The van der Waals surface area contributed by atoms with Crippen molar-refractivity contribution in [3.63, 3.8) is 0 Å². The molecule has 1 N–H and O–H groups in total. The van der Waals surface area contributed by atoms with E-state index in [2.05, 4.69) is 15.5 Å². The molecule has 1 heterocycles. The summed E-state index contributed by atoms with van der Waals surface area (Å²) in [5.74, 6) is -0.799. The third-order valence-corrected chi connectivity index (χ3v) is 5.03. The number of halogens is 2. The summed E-state index contributed by atoms with van der Waals surface area (Å²) in [5.41, 5.74) is 1.17. The number of aromatic nitrogens is 3. The molecule has 1 aromatic heterocycles. The first kappa shape index (κ1) is 19.0. The van der Waals surface area contributed by atoms with Crippen LogP contribution in [0.3, 0.4) is 0 Å². The van der Waals surface area contributed by atoms with Gasteiger partial charge in [-0.2, -0.15) is 0 Å². The molecule has 8 heteroatoms. The molecule has 0 spiro atoms. The fourth-order valence-electron chi connectivity index (χ4n) is 2.62. The van der Waals surface area contributed by atoms with Crippen LogP contribution in [-0.2, 0) is 11.8 Å². The second kappa shape index (κ2) is 8.30. The quantitative estimate of drug-likeness (QED) is 0.654. The zero-order chi connectivity index (χ0) is 19.4. The minimum atomic E-state index is -0.684. The van der Waals surface area contributed by atoms with Crippen LogP contribution >= 0.6 is 11.8 Å². The molecule has 1 atom stereocenters. The van der Waals surface area contributed by atoms with E-state index in [9.17, 15) is 13.6 Å². The maximum absolute atomic E-state index is 13.8. The van der Waals surface area contributed by atoms with E-state index >= 15 is 0 Å². The van der Waals surface area contributed by atoms with Crippen molar-refractivity contribution in [3.05, 3.63) is 65.7 Å². The summed E-state index contributed by atoms with van der Waals surface area (Å²) in [5, 5.41) is 11.6. The van der Waals surface area contributed by atoms with Crippen LogP contribution in [0.4, 0.5) is 8.78 Å². The zero-order valence-corrected chi connectivity index (χ0v) is 15.6. The lowest BCUT2D eigenvalue weighted by Crippen LogP contribution is -2.28. The first-order valence-corrected chi connectivity index (χ1v) is 9.26. The van der Waals surface area contributed by atoms with E-state index in [0.29, 0.717) is 11.0 Å². The molecule has 0 saturated carbocycles. The molecule has 0 unspecified atom stereocenters. The highest BCUT2D eigenvalue weighted by Crippen LogP contribution is 2.23. The Hall–Kier alpha value is -2.74. The summed E-state index contributed by atoms with van der Waals surface area (Å²) in [6, 6.07) is 12.4. The third kappa shape index (κ3) is 4.51. The lowest BCUT2D eigenvalue weighted by atomic mass is 10.1. The number of amides is 1. The van der Waals surface area contributed by atoms with Gasteiger partial charge in [-0.15, -0.1) is 10.2 Å². The molecule has 140 valence electrons. The van der Waals surface area contributed by atoms with Gasteiger partial charge in [-0.25, -0.2) is 8.78 Å². The summed E-state index contributed by atoms with van der Waals surface area (Å²) in [4.78, 5) is 12.2. The minimum absolute atomic E-state index is 0.105. The molecule has 0 radical (unpaired) electrons. The third-order valence-electron chi connectivity index (χ3n) is 4.01. The molecule has 0 aliphatic heterocycles. The van der Waals surface area contributed by atoms with Crippen molar-refractivity contribution in [2.45, 2.75) is 18.1 Å². The molecule has 0 aliphatic carbocycles. The molecule has 1 amide bonds. The van der Waals surface area contributed by atoms with E-state index < -0.39 is 17.7 Å². The van der Waals surface area contributed by atoms with Gasteiger partial charge in [-0.05, 0) is 13.0 Å². The highest BCUT2D eigenvalue weighted by atomic mass is 32.2. The molecule has 5 nitrogen and oxygen atoms in total. The Kier molecular flexibility index (Phi) is 5.85. The SMILES string of the molecule is C[C@H](NC(=O)CSc1nnc(-c2ccccc2)n1C)c1ccc(F)cc1F. The fourth-order valence-corrected chi connectivity index (χ4v) is 3.35. The van der Waals surface area contributed by atoms with Crippen LogP contribution in [0.5, 0.6) is 0 Å². The molecule has 3 rings (SSSR count). The molecule has 0 saturated heterocycles. The average molecular weight is 388 g/mol. The number of hydrogen-bond donors (Lipinski definition) is 1. The van der Waals surface area contributed by atoms with E-state index in [1.807, 2.05) is 41.9 Å². The highest BCUT2D eigenvalue weighted by molar-refractivity contribution is 7.99. The number of hydrogen-bond acceptors (Lipinski definition) is 4. The number of carbonyl (C=O) groups is 1. The maximum Gasteiger partial charge on any atom is 0.230 e. The largest absolute Gasteiger partial charge is 0.349 e. The zero-order valence-electron chi connectivity index (χ0n) is 14.8. The van der Waals surface area contributed by atoms with Crippen LogP contribution in [0.2, 0.25) is 0 Å². The van der Waals surface area contributed by atoms with Gasteiger partial charge in [-0.3, -0.25) is 4.79 Å². The van der Waals surface area contributed by atoms with Gasteiger partial charge in [0.2, 0.25) is 5.91 Å². The molecular weight excluding hydrogens is 370 g/mol. The van der Waals surface area contributed by atoms with Gasteiger partial charge in [0.1, 0.15) is 11.6 Å². The number of nitrogens with one attached hydrogen (secondary N) is 1. The summed E-state index contributed by atoms with van der Waals surface area (Å²) in [6.07, 6.45) is 0. The van der Waals surface area contributed by atoms with Crippen LogP contribution in [0.15, 0.2) is 53.7 Å². The Morgan fingerprint density at radius 2 is 1.93 bits per heavy atom. The minimum Gasteiger partial charge on any atom is -0.349 e. The van der Waals surface area contributed by atoms with Crippen LogP contribution in [0, 0.1) is 11.6 Å². The van der Waals surface area contributed by atoms with E-state index in [4.69, 9.17) is 0 Å². The molecule has 0 fully saturated rings. The lowest BCUT2D eigenvalue weighted by molar-refractivity contribution is -0.119. The van der Waals surface area contributed by atoms with E-state index in [-0.39, 0.29) is 17.2 Å². The Balaban J connectivity index is 1.60. The Morgan fingerprint density at radius 3 is 2.63 bits per heavy atom. The predicted molar refractivity (Wildman–Crippen MR) is 100 cm³/mol. The normalized spacial score (nSPS) is 12.0. The maximum atomic E-state index is 13.8. The Labute approximate surface area is 159 Å². The molecule has 2 aromatic carbocycles. The number of carbonyl (C=O) groups excluding carboxylic acids is 1. The number of nitrogens with zero attached hydrogens (tertiary/aromatic N) is 3. The van der Waals surface area contributed by atoms with Crippen molar-refractivity contribution in [2.24, 2.45) is 7.05 Å². The second-order valence-electron chi connectivity index (χ2n) is 5.97. The van der Waals surface area contributed by atoms with E-state index in [1.165, 1.54) is 23.9 Å². The molecular formula is C19H18F2N4OS. The number of benzene rings is 2. The Bertz CT molecular complexity index is 946. The van der Waals surface area contributed by atoms with Gasteiger partial charge < -0.3 is 9.88 Å². The van der Waals surface area contributed by atoms with Gasteiger partial charge in [0.25, 0.3) is 0 Å². The predicted octanol–water partition coefficient (Wildman–Crippen LogP) is 3.73. The van der Waals surface area contributed by atoms with Crippen molar-refractivity contribution in [2.75, 3.05) is 5.75 Å². The monoisotopic (exact) mass is 388 g/mol. The van der Waals surface area contributed by atoms with Crippen molar-refractivity contribution in [1.29, 1.82) is 0 Å². The molecule has 27 heavy (non-hydrogen) atoms. The van der Waals surface area contributed by atoms with Gasteiger partial charge in [0.05, 0.1) is 11.8 Å². The topological polar surface area (TPSA) is 59.8 Å². The summed E-state index contributed by atoms with van der Waals surface area (Å²) >= 11 is 1.24. The number of rotatable bonds is 6. The molecule has 0 aliphatic rings. The second-order valence-corrected chi connectivity index (χ2v) is 6.92. The van der Waals surface area contributed by atoms with E-state index in [0.717, 1.165) is 11.6 Å². The van der Waals surface area contributed by atoms with Crippen molar-refractivity contribution in [1.82, 2.24) is 20.1 Å². The first-order chi connectivity index (χ1) is 13.0. The summed E-state index contributed by atoms with van der Waals surface area (Å²) in [6.45, 7) is 1.65. The summed E-state index contributed by atoms with van der Waals surface area (Å²) < 4.78 is 28.6.